The van der Waals surface area contributed by atoms with Crippen molar-refractivity contribution >= 4 is 22.7 Å². The number of nitrogens with zero attached hydrogens (tertiary/aromatic N) is 2. The molecule has 0 spiro atoms. The molecule has 0 radical (unpaired) electrons. The molecule has 2 aromatic carbocycles. The van der Waals surface area contributed by atoms with Gasteiger partial charge in [0.05, 0.1) is 30.0 Å². The first-order valence-corrected chi connectivity index (χ1v) is 12.3. The highest BCUT2D eigenvalue weighted by Gasteiger charge is 2.30. The molecule has 2 fully saturated rings. The van der Waals surface area contributed by atoms with Gasteiger partial charge >= 0.3 is 6.09 Å². The Kier molecular flexibility index (Phi) is 6.40. The number of hydrogen-bond acceptors (Lipinski definition) is 5. The van der Waals surface area contributed by atoms with Crippen molar-refractivity contribution in [2.24, 2.45) is 5.92 Å². The summed E-state index contributed by atoms with van der Waals surface area (Å²) >= 11 is 0. The minimum atomic E-state index is -0.439. The van der Waals surface area contributed by atoms with Crippen LogP contribution in [0.25, 0.3) is 22.2 Å². The summed E-state index contributed by atoms with van der Waals surface area (Å²) in [5, 5.41) is 13.8. The highest BCUT2D eigenvalue weighted by molar-refractivity contribution is 5.95. The fourth-order valence-corrected chi connectivity index (χ4v) is 4.78. The molecule has 0 unspecified atom stereocenters. The SMILES string of the molecule is CC(C)n1c(-c2ccc(NC(=O)O[C@H](C)C3CC3)cc2)c(C#N)c2ccc(O[C@@H]3CCOC3)cc21. The number of fused-ring (bicyclic) bond motifs is 1. The van der Waals surface area contributed by atoms with Crippen LogP contribution in [0.15, 0.2) is 42.5 Å². The molecule has 1 amide bonds. The lowest BCUT2D eigenvalue weighted by Gasteiger charge is -2.17. The first-order valence-electron chi connectivity index (χ1n) is 12.3. The van der Waals surface area contributed by atoms with Crippen LogP contribution in [0.3, 0.4) is 0 Å². The molecule has 1 aliphatic carbocycles. The summed E-state index contributed by atoms with van der Waals surface area (Å²) in [6.45, 7) is 7.47. The number of nitrogens with one attached hydrogen (secondary N) is 1. The lowest BCUT2D eigenvalue weighted by molar-refractivity contribution is 0.108. The maximum absolute atomic E-state index is 12.2. The zero-order valence-electron chi connectivity index (χ0n) is 20.4. The van der Waals surface area contributed by atoms with E-state index in [4.69, 9.17) is 14.2 Å². The number of rotatable bonds is 7. The summed E-state index contributed by atoms with van der Waals surface area (Å²) in [7, 11) is 0. The predicted octanol–water partition coefficient (Wildman–Crippen LogP) is 6.28. The van der Waals surface area contributed by atoms with E-state index in [1.165, 1.54) is 0 Å². The quantitative estimate of drug-likeness (QED) is 0.437. The second-order valence-corrected chi connectivity index (χ2v) is 9.73. The topological polar surface area (TPSA) is 85.5 Å². The number of benzene rings is 2. The van der Waals surface area contributed by atoms with Crippen LogP contribution in [0.5, 0.6) is 5.75 Å². The van der Waals surface area contributed by atoms with Gasteiger partial charge in [-0.3, -0.25) is 5.32 Å². The molecule has 1 aromatic heterocycles. The molecule has 1 saturated carbocycles. The van der Waals surface area contributed by atoms with Crippen LogP contribution in [-0.2, 0) is 9.47 Å². The number of carbonyl (C=O) groups is 1. The molecule has 182 valence electrons. The molecule has 1 aliphatic heterocycles. The Morgan fingerprint density at radius 3 is 2.54 bits per heavy atom. The first-order chi connectivity index (χ1) is 16.9. The van der Waals surface area contributed by atoms with Gasteiger partial charge in [-0.15, -0.1) is 0 Å². The molecule has 35 heavy (non-hydrogen) atoms. The molecule has 5 rings (SSSR count). The minimum absolute atomic E-state index is 0.0591. The van der Waals surface area contributed by atoms with E-state index in [9.17, 15) is 10.1 Å². The Hall–Kier alpha value is -3.50. The third-order valence-corrected chi connectivity index (χ3v) is 6.78. The van der Waals surface area contributed by atoms with Crippen molar-refractivity contribution in [3.63, 3.8) is 0 Å². The van der Waals surface area contributed by atoms with Crippen LogP contribution in [0.1, 0.15) is 51.6 Å². The standard InChI is InChI=1S/C28H31N3O4/c1-17(2)31-26-14-22(35-23-12-13-33-16-23)10-11-24(26)25(15-29)27(31)20-6-8-21(9-7-20)30-28(32)34-18(3)19-4-5-19/h6-11,14,17-19,23H,4-5,12-13,16H2,1-3H3,(H,30,32)/t18-,23-/m1/s1. The Morgan fingerprint density at radius 1 is 1.14 bits per heavy atom. The average molecular weight is 474 g/mol. The van der Waals surface area contributed by atoms with Gasteiger partial charge in [-0.05, 0) is 69.4 Å². The average Bonchev–Trinajstić information content (AvgIpc) is 3.47. The molecular formula is C28H31N3O4. The first kappa shape index (κ1) is 23.3. The molecule has 1 saturated heterocycles. The molecule has 3 aromatic rings. The van der Waals surface area contributed by atoms with Gasteiger partial charge in [0.2, 0.25) is 0 Å². The fraction of sp³-hybridized carbons (Fsp3) is 0.429. The predicted molar refractivity (Wildman–Crippen MR) is 135 cm³/mol. The Bertz CT molecular complexity index is 1260. The summed E-state index contributed by atoms with van der Waals surface area (Å²) in [5.41, 5.74) is 4.01. The zero-order valence-corrected chi connectivity index (χ0v) is 20.4. The summed E-state index contributed by atoms with van der Waals surface area (Å²) in [6.07, 6.45) is 2.68. The highest BCUT2D eigenvalue weighted by Crippen LogP contribution is 2.38. The van der Waals surface area contributed by atoms with Crippen LogP contribution in [-0.4, -0.2) is 36.1 Å². The molecule has 2 atom stereocenters. The number of hydrogen-bond donors (Lipinski definition) is 1. The van der Waals surface area contributed by atoms with Crippen molar-refractivity contribution in [3.05, 3.63) is 48.0 Å². The molecule has 2 heterocycles. The summed E-state index contributed by atoms with van der Waals surface area (Å²) in [4.78, 5) is 12.2. The Labute approximate surface area is 205 Å². The molecule has 2 aliphatic rings. The largest absolute Gasteiger partial charge is 0.488 e. The third-order valence-electron chi connectivity index (χ3n) is 6.78. The van der Waals surface area contributed by atoms with Gasteiger partial charge in [-0.2, -0.15) is 5.26 Å². The van der Waals surface area contributed by atoms with Crippen LogP contribution in [0.2, 0.25) is 0 Å². The van der Waals surface area contributed by atoms with Gasteiger partial charge in [0.15, 0.2) is 0 Å². The van der Waals surface area contributed by atoms with Crippen LogP contribution >= 0.6 is 0 Å². The van der Waals surface area contributed by atoms with E-state index in [1.54, 1.807) is 0 Å². The minimum Gasteiger partial charge on any atom is -0.488 e. The maximum Gasteiger partial charge on any atom is 0.411 e. The van der Waals surface area contributed by atoms with Gasteiger partial charge in [-0.1, -0.05) is 12.1 Å². The van der Waals surface area contributed by atoms with Crippen molar-refractivity contribution in [2.75, 3.05) is 18.5 Å². The summed E-state index contributed by atoms with van der Waals surface area (Å²) in [6, 6.07) is 16.0. The van der Waals surface area contributed by atoms with Crippen molar-refractivity contribution < 1.29 is 19.0 Å². The molecule has 1 N–H and O–H groups in total. The van der Waals surface area contributed by atoms with Gasteiger partial charge < -0.3 is 18.8 Å². The normalized spacial score (nSPS) is 18.4. The van der Waals surface area contributed by atoms with Crippen molar-refractivity contribution in [1.29, 1.82) is 5.26 Å². The summed E-state index contributed by atoms with van der Waals surface area (Å²) in [5.74, 6) is 1.27. The summed E-state index contributed by atoms with van der Waals surface area (Å²) < 4.78 is 19.2. The molecular weight excluding hydrogens is 442 g/mol. The molecule has 7 heteroatoms. The monoisotopic (exact) mass is 473 g/mol. The Morgan fingerprint density at radius 2 is 1.91 bits per heavy atom. The highest BCUT2D eigenvalue weighted by atomic mass is 16.6. The van der Waals surface area contributed by atoms with E-state index in [1.807, 2.05) is 49.4 Å². The smallest absolute Gasteiger partial charge is 0.411 e. The van der Waals surface area contributed by atoms with E-state index in [2.05, 4.69) is 29.8 Å². The van der Waals surface area contributed by atoms with E-state index in [-0.39, 0.29) is 18.2 Å². The second kappa shape index (κ2) is 9.63. The van der Waals surface area contributed by atoms with Crippen LogP contribution in [0.4, 0.5) is 10.5 Å². The van der Waals surface area contributed by atoms with E-state index in [0.29, 0.717) is 23.8 Å². The van der Waals surface area contributed by atoms with Crippen LogP contribution in [0, 0.1) is 17.2 Å². The van der Waals surface area contributed by atoms with Crippen molar-refractivity contribution in [3.8, 4) is 23.1 Å². The molecule has 0 bridgehead atoms. The van der Waals surface area contributed by atoms with E-state index >= 15 is 0 Å². The number of nitriles is 1. The van der Waals surface area contributed by atoms with Crippen molar-refractivity contribution in [2.45, 2.75) is 58.3 Å². The number of anilines is 1. The second-order valence-electron chi connectivity index (χ2n) is 9.73. The van der Waals surface area contributed by atoms with E-state index < -0.39 is 6.09 Å². The van der Waals surface area contributed by atoms with Crippen molar-refractivity contribution in [1.82, 2.24) is 4.57 Å². The van der Waals surface area contributed by atoms with Gasteiger partial charge in [0, 0.05) is 29.6 Å². The lowest BCUT2D eigenvalue weighted by atomic mass is 10.1. The fourth-order valence-electron chi connectivity index (χ4n) is 4.78. The van der Waals surface area contributed by atoms with Gasteiger partial charge in [0.25, 0.3) is 0 Å². The number of carbonyl (C=O) groups excluding carboxylic acids is 1. The molecule has 7 nitrogen and oxygen atoms in total. The number of ether oxygens (including phenoxy) is 3. The van der Waals surface area contributed by atoms with E-state index in [0.717, 1.165) is 53.8 Å². The van der Waals surface area contributed by atoms with Gasteiger partial charge in [-0.25, -0.2) is 4.79 Å². The van der Waals surface area contributed by atoms with Gasteiger partial charge in [0.1, 0.15) is 24.0 Å². The number of aromatic nitrogens is 1. The lowest BCUT2D eigenvalue weighted by Crippen LogP contribution is -2.21. The zero-order chi connectivity index (χ0) is 24.5. The maximum atomic E-state index is 12.2. The third kappa shape index (κ3) is 4.85. The van der Waals surface area contributed by atoms with Crippen LogP contribution < -0.4 is 10.1 Å². The number of amides is 1. The Balaban J connectivity index is 1.44.